The van der Waals surface area contributed by atoms with Gasteiger partial charge in [0.25, 0.3) is 5.91 Å². The van der Waals surface area contributed by atoms with Gasteiger partial charge in [0.1, 0.15) is 5.76 Å². The number of carbonyl (C=O) groups is 2. The Morgan fingerprint density at radius 2 is 2.10 bits per heavy atom. The van der Waals surface area contributed by atoms with Gasteiger partial charge in [0, 0.05) is 11.3 Å². The van der Waals surface area contributed by atoms with Gasteiger partial charge >= 0.3 is 6.09 Å². The Kier molecular flexibility index (Phi) is 4.98. The molecule has 21 heavy (non-hydrogen) atoms. The number of nitrogens with one attached hydrogen (secondary N) is 2. The highest BCUT2D eigenvalue weighted by molar-refractivity contribution is 5.96. The average molecular weight is 288 g/mol. The van der Waals surface area contributed by atoms with Crippen molar-refractivity contribution in [2.24, 2.45) is 0 Å². The van der Waals surface area contributed by atoms with E-state index in [4.69, 9.17) is 9.15 Å². The smallest absolute Gasteiger partial charge is 0.411 e. The molecule has 2 rings (SSSR count). The number of hydrogen-bond acceptors (Lipinski definition) is 4. The molecular weight excluding hydrogens is 272 g/mol. The van der Waals surface area contributed by atoms with E-state index in [1.165, 1.54) is 0 Å². The van der Waals surface area contributed by atoms with Gasteiger partial charge in [0.2, 0.25) is 0 Å². The van der Waals surface area contributed by atoms with Crippen molar-refractivity contribution < 1.29 is 18.7 Å². The first-order valence-corrected chi connectivity index (χ1v) is 6.53. The van der Waals surface area contributed by atoms with Gasteiger partial charge < -0.3 is 14.5 Å². The molecule has 6 heteroatoms. The van der Waals surface area contributed by atoms with Crippen LogP contribution < -0.4 is 10.6 Å². The summed E-state index contributed by atoms with van der Waals surface area (Å²) >= 11 is 0. The predicted octanol–water partition coefficient (Wildman–Crippen LogP) is 2.78. The summed E-state index contributed by atoms with van der Waals surface area (Å²) in [5.74, 6) is 0.420. The van der Waals surface area contributed by atoms with Crippen molar-refractivity contribution >= 4 is 17.7 Å². The number of anilines is 1. The van der Waals surface area contributed by atoms with E-state index >= 15 is 0 Å². The molecule has 2 amide bonds. The lowest BCUT2D eigenvalue weighted by atomic mass is 10.2. The van der Waals surface area contributed by atoms with E-state index in [1.54, 1.807) is 49.6 Å². The SMILES string of the molecule is CCOC(=O)Nc1cccc(C(=O)NCc2ccco2)c1. The van der Waals surface area contributed by atoms with Crippen molar-refractivity contribution in [2.45, 2.75) is 13.5 Å². The summed E-state index contributed by atoms with van der Waals surface area (Å²) < 4.78 is 9.91. The molecule has 1 aromatic heterocycles. The van der Waals surface area contributed by atoms with Crippen LogP contribution in [-0.4, -0.2) is 18.6 Å². The third kappa shape index (κ3) is 4.38. The predicted molar refractivity (Wildman–Crippen MR) is 77.0 cm³/mol. The molecule has 110 valence electrons. The van der Waals surface area contributed by atoms with Gasteiger partial charge in [-0.1, -0.05) is 6.07 Å². The highest BCUT2D eigenvalue weighted by Crippen LogP contribution is 2.11. The van der Waals surface area contributed by atoms with E-state index in [2.05, 4.69) is 10.6 Å². The number of hydrogen-bond donors (Lipinski definition) is 2. The van der Waals surface area contributed by atoms with Gasteiger partial charge in [0.15, 0.2) is 0 Å². The normalized spacial score (nSPS) is 9.95. The fraction of sp³-hybridized carbons (Fsp3) is 0.200. The summed E-state index contributed by atoms with van der Waals surface area (Å²) in [4.78, 5) is 23.3. The average Bonchev–Trinajstić information content (AvgIpc) is 2.98. The molecule has 0 saturated heterocycles. The third-order valence-corrected chi connectivity index (χ3v) is 2.65. The Morgan fingerprint density at radius 1 is 1.24 bits per heavy atom. The molecule has 0 saturated carbocycles. The molecule has 0 aliphatic carbocycles. The molecule has 0 radical (unpaired) electrons. The molecule has 1 heterocycles. The Hall–Kier alpha value is -2.76. The number of rotatable bonds is 5. The monoisotopic (exact) mass is 288 g/mol. The Morgan fingerprint density at radius 3 is 2.81 bits per heavy atom. The minimum absolute atomic E-state index is 0.251. The molecular formula is C15H16N2O4. The standard InChI is InChI=1S/C15H16N2O4/c1-2-20-15(19)17-12-6-3-5-11(9-12)14(18)16-10-13-7-4-8-21-13/h3-9H,2,10H2,1H3,(H,16,18)(H,17,19). The maximum Gasteiger partial charge on any atom is 0.411 e. The van der Waals surface area contributed by atoms with Crippen LogP contribution in [0.3, 0.4) is 0 Å². The number of benzene rings is 1. The number of carbonyl (C=O) groups excluding carboxylic acids is 2. The van der Waals surface area contributed by atoms with Crippen molar-refractivity contribution in [1.29, 1.82) is 0 Å². The molecule has 0 bridgehead atoms. The molecule has 1 aromatic carbocycles. The topological polar surface area (TPSA) is 80.6 Å². The van der Waals surface area contributed by atoms with Crippen LogP contribution in [0.15, 0.2) is 47.1 Å². The molecule has 0 aliphatic heterocycles. The van der Waals surface area contributed by atoms with Crippen LogP contribution in [0.25, 0.3) is 0 Å². The van der Waals surface area contributed by atoms with Crippen LogP contribution in [0.2, 0.25) is 0 Å². The van der Waals surface area contributed by atoms with E-state index in [-0.39, 0.29) is 12.5 Å². The third-order valence-electron chi connectivity index (χ3n) is 2.65. The van der Waals surface area contributed by atoms with Gasteiger partial charge in [-0.3, -0.25) is 10.1 Å². The van der Waals surface area contributed by atoms with Gasteiger partial charge in [0.05, 0.1) is 19.4 Å². The Bertz CT molecular complexity index is 608. The van der Waals surface area contributed by atoms with Gasteiger partial charge in [-0.15, -0.1) is 0 Å². The largest absolute Gasteiger partial charge is 0.467 e. The summed E-state index contributed by atoms with van der Waals surface area (Å²) in [6.07, 6.45) is 0.997. The highest BCUT2D eigenvalue weighted by Gasteiger charge is 2.08. The second kappa shape index (κ2) is 7.14. The van der Waals surface area contributed by atoms with Gasteiger partial charge in [-0.25, -0.2) is 4.79 Å². The molecule has 6 nitrogen and oxygen atoms in total. The summed E-state index contributed by atoms with van der Waals surface area (Å²) in [6, 6.07) is 10.1. The summed E-state index contributed by atoms with van der Waals surface area (Å²) in [5, 5.41) is 5.28. The van der Waals surface area contributed by atoms with Gasteiger partial charge in [-0.2, -0.15) is 0 Å². The molecule has 0 atom stereocenters. The maximum absolute atomic E-state index is 12.0. The number of furan rings is 1. The van der Waals surface area contributed by atoms with Crippen molar-refractivity contribution in [2.75, 3.05) is 11.9 Å². The van der Waals surface area contributed by atoms with Crippen molar-refractivity contribution in [3.05, 3.63) is 54.0 Å². The van der Waals surface area contributed by atoms with Crippen molar-refractivity contribution in [1.82, 2.24) is 5.32 Å². The molecule has 0 unspecified atom stereocenters. The van der Waals surface area contributed by atoms with Crippen LogP contribution in [-0.2, 0) is 11.3 Å². The number of amides is 2. The van der Waals surface area contributed by atoms with E-state index < -0.39 is 6.09 Å². The number of ether oxygens (including phenoxy) is 1. The van der Waals surface area contributed by atoms with E-state index in [9.17, 15) is 9.59 Å². The quantitative estimate of drug-likeness (QED) is 0.886. The van der Waals surface area contributed by atoms with Crippen LogP contribution in [0, 0.1) is 0 Å². The summed E-state index contributed by atoms with van der Waals surface area (Å²) in [7, 11) is 0. The maximum atomic E-state index is 12.0. The molecule has 0 aliphatic rings. The minimum Gasteiger partial charge on any atom is -0.467 e. The fourth-order valence-electron chi connectivity index (χ4n) is 1.71. The van der Waals surface area contributed by atoms with Crippen LogP contribution in [0.5, 0.6) is 0 Å². The fourth-order valence-corrected chi connectivity index (χ4v) is 1.71. The van der Waals surface area contributed by atoms with Crippen molar-refractivity contribution in [3.63, 3.8) is 0 Å². The second-order valence-corrected chi connectivity index (χ2v) is 4.19. The van der Waals surface area contributed by atoms with Gasteiger partial charge in [-0.05, 0) is 37.3 Å². The molecule has 2 N–H and O–H groups in total. The molecule has 0 fully saturated rings. The first-order chi connectivity index (χ1) is 10.2. The first-order valence-electron chi connectivity index (χ1n) is 6.53. The second-order valence-electron chi connectivity index (χ2n) is 4.19. The highest BCUT2D eigenvalue weighted by atomic mass is 16.5. The summed E-state index contributed by atoms with van der Waals surface area (Å²) in [5.41, 5.74) is 0.940. The van der Waals surface area contributed by atoms with Crippen LogP contribution >= 0.6 is 0 Å². The lowest BCUT2D eigenvalue weighted by molar-refractivity contribution is 0.0948. The zero-order valence-electron chi connectivity index (χ0n) is 11.6. The van der Waals surface area contributed by atoms with Crippen LogP contribution in [0.1, 0.15) is 23.0 Å². The lowest BCUT2D eigenvalue weighted by Crippen LogP contribution is -2.22. The summed E-state index contributed by atoms with van der Waals surface area (Å²) in [6.45, 7) is 2.31. The van der Waals surface area contributed by atoms with E-state index in [1.807, 2.05) is 0 Å². The zero-order valence-corrected chi connectivity index (χ0v) is 11.6. The molecule has 0 spiro atoms. The van der Waals surface area contributed by atoms with E-state index in [0.717, 1.165) is 0 Å². The lowest BCUT2D eigenvalue weighted by Gasteiger charge is -2.07. The van der Waals surface area contributed by atoms with Crippen molar-refractivity contribution in [3.8, 4) is 0 Å². The Labute approximate surface area is 122 Å². The first kappa shape index (κ1) is 14.6. The molecule has 2 aromatic rings. The van der Waals surface area contributed by atoms with Crippen LogP contribution in [0.4, 0.5) is 10.5 Å². The Balaban J connectivity index is 1.96. The zero-order chi connectivity index (χ0) is 15.1. The van der Waals surface area contributed by atoms with E-state index in [0.29, 0.717) is 23.6 Å². The minimum atomic E-state index is -0.550.